The molecule has 9 nitrogen and oxygen atoms in total. The van der Waals surface area contributed by atoms with Gasteiger partial charge in [-0.1, -0.05) is 0 Å². The molecule has 1 heterocycles. The normalized spacial score (nSPS) is 11.1. The first-order valence-corrected chi connectivity index (χ1v) is 11.8. The number of hydrogen-bond donors (Lipinski definition) is 3. The highest BCUT2D eigenvalue weighted by Crippen LogP contribution is 2.28. The second-order valence-corrected chi connectivity index (χ2v) is 8.80. The summed E-state index contributed by atoms with van der Waals surface area (Å²) in [5, 5.41) is 11.6. The van der Waals surface area contributed by atoms with Crippen molar-refractivity contribution in [2.45, 2.75) is 16.3 Å². The Labute approximate surface area is 185 Å². The summed E-state index contributed by atoms with van der Waals surface area (Å²) in [4.78, 5) is 9.48. The van der Waals surface area contributed by atoms with Gasteiger partial charge in [-0.15, -0.1) is 11.8 Å². The topological polar surface area (TPSA) is 128 Å². The van der Waals surface area contributed by atoms with Crippen molar-refractivity contribution in [3.63, 3.8) is 0 Å². The Hall–Kier alpha value is -3.02. The molecule has 0 saturated heterocycles. The standard InChI is InChI=1S/C20H23N5O4S2/c1-28-15-7-14(8-16(9-15)29-2)25-20-10-19(23-12-24-20)22-11-13-6-17(31(21,26)27)4-5-18(13)30-3/h4-10,12H,11H2,1-3H3,(H2,21,26,27)(H2,22,23,24,25). The maximum atomic E-state index is 11.7. The molecule has 0 aliphatic rings. The number of nitrogens with one attached hydrogen (secondary N) is 2. The number of ether oxygens (including phenoxy) is 2. The van der Waals surface area contributed by atoms with Crippen LogP contribution in [0.25, 0.3) is 0 Å². The summed E-state index contributed by atoms with van der Waals surface area (Å²) < 4.78 is 33.9. The molecule has 3 aromatic rings. The van der Waals surface area contributed by atoms with Crippen molar-refractivity contribution in [1.82, 2.24) is 9.97 Å². The number of nitrogens with zero attached hydrogens (tertiary/aromatic N) is 2. The fraction of sp³-hybridized carbons (Fsp3) is 0.200. The number of sulfonamides is 1. The van der Waals surface area contributed by atoms with E-state index in [4.69, 9.17) is 14.6 Å². The van der Waals surface area contributed by atoms with Crippen molar-refractivity contribution in [3.8, 4) is 11.5 Å². The maximum Gasteiger partial charge on any atom is 0.238 e. The highest BCUT2D eigenvalue weighted by Gasteiger charge is 2.12. The van der Waals surface area contributed by atoms with Gasteiger partial charge >= 0.3 is 0 Å². The summed E-state index contributed by atoms with van der Waals surface area (Å²) in [6, 6.07) is 12.0. The lowest BCUT2D eigenvalue weighted by molar-refractivity contribution is 0.395. The summed E-state index contributed by atoms with van der Waals surface area (Å²) >= 11 is 1.52. The summed E-state index contributed by atoms with van der Waals surface area (Å²) in [7, 11) is -0.615. The fourth-order valence-corrected chi connectivity index (χ4v) is 3.97. The van der Waals surface area contributed by atoms with Crippen LogP contribution in [-0.2, 0) is 16.6 Å². The third kappa shape index (κ3) is 6.00. The van der Waals surface area contributed by atoms with Gasteiger partial charge in [0, 0.05) is 41.4 Å². The van der Waals surface area contributed by atoms with Crippen molar-refractivity contribution in [3.05, 3.63) is 54.4 Å². The molecule has 0 spiro atoms. The molecule has 0 unspecified atom stereocenters. The van der Waals surface area contributed by atoms with Gasteiger partial charge in [-0.05, 0) is 30.0 Å². The van der Waals surface area contributed by atoms with Crippen LogP contribution in [-0.4, -0.2) is 38.9 Å². The minimum absolute atomic E-state index is 0.0686. The lowest BCUT2D eigenvalue weighted by Gasteiger charge is -2.13. The molecule has 0 radical (unpaired) electrons. The summed E-state index contributed by atoms with van der Waals surface area (Å²) in [5.41, 5.74) is 1.54. The van der Waals surface area contributed by atoms with Crippen LogP contribution in [0.5, 0.6) is 11.5 Å². The quantitative estimate of drug-likeness (QED) is 0.411. The van der Waals surface area contributed by atoms with Gasteiger partial charge in [0.2, 0.25) is 10.0 Å². The van der Waals surface area contributed by atoms with Gasteiger partial charge in [0.05, 0.1) is 19.1 Å². The highest BCUT2D eigenvalue weighted by molar-refractivity contribution is 7.98. The smallest absolute Gasteiger partial charge is 0.238 e. The van der Waals surface area contributed by atoms with Gasteiger partial charge in [0.15, 0.2) is 0 Å². The first kappa shape index (κ1) is 22.7. The van der Waals surface area contributed by atoms with Gasteiger partial charge in [-0.3, -0.25) is 0 Å². The fourth-order valence-electron chi connectivity index (χ4n) is 2.81. The maximum absolute atomic E-state index is 11.7. The van der Waals surface area contributed by atoms with E-state index < -0.39 is 10.0 Å². The average molecular weight is 462 g/mol. The molecule has 2 aromatic carbocycles. The Morgan fingerprint density at radius 1 is 1.00 bits per heavy atom. The summed E-state index contributed by atoms with van der Waals surface area (Å²) in [6.45, 7) is 0.364. The predicted molar refractivity (Wildman–Crippen MR) is 122 cm³/mol. The molecule has 4 N–H and O–H groups in total. The zero-order valence-electron chi connectivity index (χ0n) is 17.2. The van der Waals surface area contributed by atoms with Crippen molar-refractivity contribution < 1.29 is 17.9 Å². The number of anilines is 3. The minimum atomic E-state index is -3.78. The first-order chi connectivity index (χ1) is 14.8. The Balaban J connectivity index is 1.78. The van der Waals surface area contributed by atoms with Crippen LogP contribution < -0.4 is 25.2 Å². The number of nitrogens with two attached hydrogens (primary N) is 1. The molecule has 164 valence electrons. The molecule has 0 aliphatic carbocycles. The Bertz CT molecular complexity index is 1150. The number of thioether (sulfide) groups is 1. The monoisotopic (exact) mass is 461 g/mol. The molecule has 1 aromatic heterocycles. The average Bonchev–Trinajstić information content (AvgIpc) is 2.76. The Morgan fingerprint density at radius 3 is 2.29 bits per heavy atom. The van der Waals surface area contributed by atoms with E-state index in [0.29, 0.717) is 29.7 Å². The Kier molecular flexibility index (Phi) is 7.21. The van der Waals surface area contributed by atoms with E-state index in [0.717, 1.165) is 16.1 Å². The van der Waals surface area contributed by atoms with E-state index in [1.54, 1.807) is 38.5 Å². The van der Waals surface area contributed by atoms with Crippen LogP contribution in [0.15, 0.2) is 58.6 Å². The lowest BCUT2D eigenvalue weighted by Crippen LogP contribution is -2.13. The van der Waals surface area contributed by atoms with Gasteiger partial charge in [-0.25, -0.2) is 23.5 Å². The second kappa shape index (κ2) is 9.86. The zero-order valence-corrected chi connectivity index (χ0v) is 18.9. The largest absolute Gasteiger partial charge is 0.497 e. The van der Waals surface area contributed by atoms with Gasteiger partial charge in [-0.2, -0.15) is 0 Å². The molecule has 3 rings (SSSR count). The van der Waals surface area contributed by atoms with Crippen molar-refractivity contribution in [1.29, 1.82) is 0 Å². The van der Waals surface area contributed by atoms with Crippen LogP contribution in [0.2, 0.25) is 0 Å². The van der Waals surface area contributed by atoms with Gasteiger partial charge < -0.3 is 20.1 Å². The summed E-state index contributed by atoms with van der Waals surface area (Å²) in [6.07, 6.45) is 3.35. The number of rotatable bonds is 9. The van der Waals surface area contributed by atoms with Crippen molar-refractivity contribution in [2.24, 2.45) is 5.14 Å². The molecule has 0 fully saturated rings. The molecule has 0 atom stereocenters. The van der Waals surface area contributed by atoms with E-state index in [1.807, 2.05) is 18.4 Å². The third-order valence-electron chi connectivity index (χ3n) is 4.33. The van der Waals surface area contributed by atoms with E-state index in [-0.39, 0.29) is 4.90 Å². The zero-order chi connectivity index (χ0) is 22.4. The van der Waals surface area contributed by atoms with E-state index in [9.17, 15) is 8.42 Å². The number of aromatic nitrogens is 2. The van der Waals surface area contributed by atoms with Crippen molar-refractivity contribution in [2.75, 3.05) is 31.1 Å². The van der Waals surface area contributed by atoms with E-state index in [1.165, 1.54) is 24.2 Å². The van der Waals surface area contributed by atoms with E-state index >= 15 is 0 Å². The molecule has 11 heteroatoms. The van der Waals surface area contributed by atoms with Gasteiger partial charge in [0.1, 0.15) is 29.5 Å². The molecular weight excluding hydrogens is 438 g/mol. The van der Waals surface area contributed by atoms with Crippen molar-refractivity contribution >= 4 is 39.1 Å². The van der Waals surface area contributed by atoms with Crippen LogP contribution in [0, 0.1) is 0 Å². The van der Waals surface area contributed by atoms with Crippen LogP contribution in [0.4, 0.5) is 17.3 Å². The number of primary sulfonamides is 1. The first-order valence-electron chi connectivity index (χ1n) is 9.08. The molecule has 31 heavy (non-hydrogen) atoms. The molecule has 0 aliphatic heterocycles. The van der Waals surface area contributed by atoms with E-state index in [2.05, 4.69) is 20.6 Å². The summed E-state index contributed by atoms with van der Waals surface area (Å²) in [5.74, 6) is 2.43. The minimum Gasteiger partial charge on any atom is -0.497 e. The number of hydrogen-bond acceptors (Lipinski definition) is 9. The van der Waals surface area contributed by atoms with Crippen LogP contribution in [0.1, 0.15) is 5.56 Å². The predicted octanol–water partition coefficient (Wildman–Crippen LogP) is 3.22. The van der Waals surface area contributed by atoms with Gasteiger partial charge in [0.25, 0.3) is 0 Å². The lowest BCUT2D eigenvalue weighted by atomic mass is 10.2. The molecule has 0 amide bonds. The third-order valence-corrected chi connectivity index (χ3v) is 6.08. The van der Waals surface area contributed by atoms with Crippen LogP contribution in [0.3, 0.4) is 0 Å². The molecular formula is C20H23N5O4S2. The highest BCUT2D eigenvalue weighted by atomic mass is 32.2. The van der Waals surface area contributed by atoms with Crippen LogP contribution >= 0.6 is 11.8 Å². The second-order valence-electron chi connectivity index (χ2n) is 6.39. The Morgan fingerprint density at radius 2 is 1.68 bits per heavy atom. The SMILES string of the molecule is COc1cc(Nc2cc(NCc3cc(S(N)(=O)=O)ccc3SC)ncn2)cc(OC)c1. The molecule has 0 saturated carbocycles. The number of methoxy groups -OCH3 is 2. The molecule has 0 bridgehead atoms. The number of benzene rings is 2.